The molecule has 2 saturated heterocycles. The molecule has 1 spiro atoms. The van der Waals surface area contributed by atoms with Gasteiger partial charge in [-0.25, -0.2) is 4.98 Å². The Morgan fingerprint density at radius 1 is 1.16 bits per heavy atom. The summed E-state index contributed by atoms with van der Waals surface area (Å²) < 4.78 is 2.05. The number of hydrogen-bond donors (Lipinski definition) is 0. The molecule has 0 aliphatic carbocycles. The van der Waals surface area contributed by atoms with E-state index in [1.54, 1.807) is 24.9 Å². The second kappa shape index (κ2) is 8.19. The molecule has 2 fully saturated rings. The zero-order valence-corrected chi connectivity index (χ0v) is 17.8. The van der Waals surface area contributed by atoms with Gasteiger partial charge in [0, 0.05) is 58.1 Å². The largest absolute Gasteiger partial charge is 0.337 e. The number of amides is 1. The van der Waals surface area contributed by atoms with Gasteiger partial charge in [-0.1, -0.05) is 30.3 Å². The van der Waals surface area contributed by atoms with Crippen molar-refractivity contribution in [1.29, 1.82) is 0 Å². The fourth-order valence-electron chi connectivity index (χ4n) is 5.23. The number of aromatic nitrogens is 5. The predicted molar refractivity (Wildman–Crippen MR) is 115 cm³/mol. The van der Waals surface area contributed by atoms with Crippen molar-refractivity contribution in [1.82, 2.24) is 34.5 Å². The monoisotopic (exact) mass is 417 g/mol. The molecule has 3 aromatic rings. The van der Waals surface area contributed by atoms with Gasteiger partial charge in [0.15, 0.2) is 0 Å². The number of benzene rings is 1. The highest BCUT2D eigenvalue weighted by molar-refractivity contribution is 5.92. The molecule has 1 aromatic carbocycles. The second-order valence-electron chi connectivity index (χ2n) is 8.75. The van der Waals surface area contributed by atoms with Crippen molar-refractivity contribution in [3.05, 3.63) is 72.3 Å². The summed E-state index contributed by atoms with van der Waals surface area (Å²) in [5.41, 5.74) is 1.83. The molecule has 1 atom stereocenters. The lowest BCUT2D eigenvalue weighted by Gasteiger charge is -2.42. The summed E-state index contributed by atoms with van der Waals surface area (Å²) in [5, 5.41) is 8.63. The van der Waals surface area contributed by atoms with Crippen molar-refractivity contribution in [2.45, 2.75) is 25.3 Å². The lowest BCUT2D eigenvalue weighted by Crippen LogP contribution is -2.46. The standard InChI is InChI=1S/C23H27N7O/c1-28-17-26-27-21(28)19-15-29(14-18-5-3-2-4-6-18)16-23(19)7-11-30(12-8-23)22(31)20-13-24-9-10-25-20/h2-6,9-10,13,17,19H,7-8,11-12,14-16H2,1H3. The number of aryl methyl sites for hydroxylation is 1. The van der Waals surface area contributed by atoms with Crippen LogP contribution < -0.4 is 0 Å². The quantitative estimate of drug-likeness (QED) is 0.647. The van der Waals surface area contributed by atoms with Crippen LogP contribution in [-0.4, -0.2) is 66.6 Å². The Kier molecular flexibility index (Phi) is 5.23. The Hall–Kier alpha value is -3.13. The number of piperidine rings is 1. The molecule has 8 heteroatoms. The second-order valence-corrected chi connectivity index (χ2v) is 8.75. The molecular formula is C23H27N7O. The molecule has 31 heavy (non-hydrogen) atoms. The summed E-state index contributed by atoms with van der Waals surface area (Å²) in [6, 6.07) is 10.6. The molecule has 1 amide bonds. The van der Waals surface area contributed by atoms with E-state index in [4.69, 9.17) is 0 Å². The average molecular weight is 418 g/mol. The molecule has 0 N–H and O–H groups in total. The first-order valence-electron chi connectivity index (χ1n) is 10.8. The van der Waals surface area contributed by atoms with Crippen LogP contribution in [0.3, 0.4) is 0 Å². The Morgan fingerprint density at radius 3 is 2.65 bits per heavy atom. The minimum absolute atomic E-state index is 0.0303. The molecule has 0 radical (unpaired) electrons. The third kappa shape index (κ3) is 3.83. The maximum atomic E-state index is 12.9. The summed E-state index contributed by atoms with van der Waals surface area (Å²) in [7, 11) is 2.02. The van der Waals surface area contributed by atoms with E-state index in [0.29, 0.717) is 11.6 Å². The summed E-state index contributed by atoms with van der Waals surface area (Å²) in [6.07, 6.45) is 8.39. The van der Waals surface area contributed by atoms with Gasteiger partial charge in [0.1, 0.15) is 17.8 Å². The van der Waals surface area contributed by atoms with Gasteiger partial charge in [-0.15, -0.1) is 10.2 Å². The van der Waals surface area contributed by atoms with Gasteiger partial charge >= 0.3 is 0 Å². The van der Waals surface area contributed by atoms with Crippen LogP contribution in [0.4, 0.5) is 0 Å². The smallest absolute Gasteiger partial charge is 0.274 e. The normalized spacial score (nSPS) is 20.9. The maximum Gasteiger partial charge on any atom is 0.274 e. The minimum Gasteiger partial charge on any atom is -0.337 e. The van der Waals surface area contributed by atoms with E-state index in [-0.39, 0.29) is 11.3 Å². The zero-order valence-electron chi connectivity index (χ0n) is 17.8. The molecule has 2 aliphatic rings. The number of carbonyl (C=O) groups excluding carboxylic acids is 1. The first-order chi connectivity index (χ1) is 15.1. The van der Waals surface area contributed by atoms with Crippen molar-refractivity contribution in [3.63, 3.8) is 0 Å². The van der Waals surface area contributed by atoms with Crippen molar-refractivity contribution < 1.29 is 4.79 Å². The van der Waals surface area contributed by atoms with E-state index >= 15 is 0 Å². The molecule has 2 aromatic heterocycles. The number of rotatable bonds is 4. The molecule has 8 nitrogen and oxygen atoms in total. The predicted octanol–water partition coefficient (Wildman–Crippen LogP) is 2.13. The Labute approximate surface area is 181 Å². The molecule has 5 rings (SSSR count). The number of hydrogen-bond acceptors (Lipinski definition) is 6. The van der Waals surface area contributed by atoms with Crippen LogP contribution in [0, 0.1) is 5.41 Å². The summed E-state index contributed by atoms with van der Waals surface area (Å²) >= 11 is 0. The fraction of sp³-hybridized carbons (Fsp3) is 0.435. The number of carbonyl (C=O) groups is 1. The summed E-state index contributed by atoms with van der Waals surface area (Å²) in [6.45, 7) is 4.34. The van der Waals surface area contributed by atoms with Crippen LogP contribution in [0.5, 0.6) is 0 Å². The van der Waals surface area contributed by atoms with Crippen LogP contribution in [-0.2, 0) is 13.6 Å². The highest BCUT2D eigenvalue weighted by Crippen LogP contribution is 2.49. The Bertz CT molecular complexity index is 1030. The minimum atomic E-state index is -0.0303. The molecule has 1 unspecified atom stereocenters. The molecular weight excluding hydrogens is 390 g/mol. The lowest BCUT2D eigenvalue weighted by molar-refractivity contribution is 0.0549. The molecule has 4 heterocycles. The zero-order chi connectivity index (χ0) is 21.3. The highest BCUT2D eigenvalue weighted by atomic mass is 16.2. The maximum absolute atomic E-state index is 12.9. The van der Waals surface area contributed by atoms with Crippen molar-refractivity contribution in [3.8, 4) is 0 Å². The molecule has 160 valence electrons. The Morgan fingerprint density at radius 2 is 1.97 bits per heavy atom. The van der Waals surface area contributed by atoms with E-state index in [1.165, 1.54) is 5.56 Å². The third-order valence-corrected chi connectivity index (χ3v) is 6.85. The van der Waals surface area contributed by atoms with Gasteiger partial charge in [0.25, 0.3) is 5.91 Å². The van der Waals surface area contributed by atoms with Gasteiger partial charge in [0.05, 0.1) is 6.20 Å². The number of likely N-dealkylation sites (tertiary alicyclic amines) is 2. The van der Waals surface area contributed by atoms with Crippen molar-refractivity contribution >= 4 is 5.91 Å². The van der Waals surface area contributed by atoms with Gasteiger partial charge in [-0.05, 0) is 23.8 Å². The van der Waals surface area contributed by atoms with E-state index in [1.807, 2.05) is 11.9 Å². The summed E-state index contributed by atoms with van der Waals surface area (Å²) in [4.78, 5) is 25.5. The van der Waals surface area contributed by atoms with Gasteiger partial charge < -0.3 is 9.47 Å². The van der Waals surface area contributed by atoms with E-state index in [2.05, 4.69) is 60.0 Å². The van der Waals surface area contributed by atoms with Crippen molar-refractivity contribution in [2.24, 2.45) is 12.5 Å². The van der Waals surface area contributed by atoms with Crippen LogP contribution in [0.15, 0.2) is 55.2 Å². The Balaban J connectivity index is 1.35. The van der Waals surface area contributed by atoms with Gasteiger partial charge in [-0.2, -0.15) is 0 Å². The SMILES string of the molecule is Cn1cnnc1C1CN(Cc2ccccc2)CC12CCN(C(=O)c1cnccn1)CC2. The van der Waals surface area contributed by atoms with Crippen LogP contribution in [0.1, 0.15) is 40.6 Å². The van der Waals surface area contributed by atoms with Gasteiger partial charge in [-0.3, -0.25) is 14.7 Å². The lowest BCUT2D eigenvalue weighted by atomic mass is 9.70. The highest BCUT2D eigenvalue weighted by Gasteiger charge is 2.50. The first kappa shape index (κ1) is 19.8. The van der Waals surface area contributed by atoms with Crippen LogP contribution >= 0.6 is 0 Å². The molecule has 0 bridgehead atoms. The topological polar surface area (TPSA) is 80.0 Å². The summed E-state index contributed by atoms with van der Waals surface area (Å²) in [5.74, 6) is 1.32. The van der Waals surface area contributed by atoms with Crippen LogP contribution in [0.25, 0.3) is 0 Å². The molecule has 2 aliphatic heterocycles. The van der Waals surface area contributed by atoms with E-state index in [9.17, 15) is 4.79 Å². The van der Waals surface area contributed by atoms with Crippen molar-refractivity contribution in [2.75, 3.05) is 26.2 Å². The number of nitrogens with zero attached hydrogens (tertiary/aromatic N) is 7. The fourth-order valence-corrected chi connectivity index (χ4v) is 5.23. The van der Waals surface area contributed by atoms with Gasteiger partial charge in [0.2, 0.25) is 0 Å². The molecule has 0 saturated carbocycles. The van der Waals surface area contributed by atoms with E-state index < -0.39 is 0 Å². The van der Waals surface area contributed by atoms with E-state index in [0.717, 1.165) is 51.4 Å². The average Bonchev–Trinajstić information content (AvgIpc) is 3.38. The third-order valence-electron chi connectivity index (χ3n) is 6.85. The first-order valence-corrected chi connectivity index (χ1v) is 10.8. The van der Waals surface area contributed by atoms with Crippen LogP contribution in [0.2, 0.25) is 0 Å².